The van der Waals surface area contributed by atoms with Crippen LogP contribution in [0, 0.1) is 0 Å². The quantitative estimate of drug-likeness (QED) is 0.781. The molecule has 2 amide bonds. The van der Waals surface area contributed by atoms with Crippen molar-refractivity contribution in [1.82, 2.24) is 20.3 Å². The van der Waals surface area contributed by atoms with Crippen molar-refractivity contribution in [2.24, 2.45) is 5.73 Å². The van der Waals surface area contributed by atoms with Crippen molar-refractivity contribution >= 4 is 11.8 Å². The van der Waals surface area contributed by atoms with Crippen LogP contribution in [-0.4, -0.2) is 26.8 Å². The summed E-state index contributed by atoms with van der Waals surface area (Å²) in [6.07, 6.45) is 0. The first-order chi connectivity index (χ1) is 9.16. The number of nitrogens with two attached hydrogens (primary N) is 1. The lowest BCUT2D eigenvalue weighted by molar-refractivity contribution is 0.0883. The maximum atomic E-state index is 12.0. The fraction of sp³-hybridized carbons (Fsp3) is 0.167. The van der Waals surface area contributed by atoms with Crippen molar-refractivity contribution in [2.45, 2.75) is 12.6 Å². The van der Waals surface area contributed by atoms with E-state index in [0.29, 0.717) is 6.54 Å². The molecule has 7 heteroatoms. The van der Waals surface area contributed by atoms with Gasteiger partial charge in [-0.1, -0.05) is 35.5 Å². The lowest BCUT2D eigenvalue weighted by Gasteiger charge is -2.24. The molecule has 1 aromatic heterocycles. The third-order valence-electron chi connectivity index (χ3n) is 3.05. The van der Waals surface area contributed by atoms with Gasteiger partial charge in [0.05, 0.1) is 12.6 Å². The summed E-state index contributed by atoms with van der Waals surface area (Å²) in [7, 11) is 0. The van der Waals surface area contributed by atoms with E-state index in [2.05, 4.69) is 15.6 Å². The van der Waals surface area contributed by atoms with Crippen LogP contribution in [0.25, 0.3) is 0 Å². The molecule has 0 radical (unpaired) electrons. The third-order valence-corrected chi connectivity index (χ3v) is 3.05. The molecule has 96 valence electrons. The Morgan fingerprint density at radius 3 is 2.79 bits per heavy atom. The van der Waals surface area contributed by atoms with Crippen molar-refractivity contribution in [3.8, 4) is 0 Å². The Morgan fingerprint density at radius 1 is 1.37 bits per heavy atom. The van der Waals surface area contributed by atoms with E-state index >= 15 is 0 Å². The summed E-state index contributed by atoms with van der Waals surface area (Å²) in [4.78, 5) is 23.2. The van der Waals surface area contributed by atoms with Gasteiger partial charge in [-0.3, -0.25) is 9.59 Å². The molecule has 1 aliphatic heterocycles. The van der Waals surface area contributed by atoms with Gasteiger partial charge < -0.3 is 11.1 Å². The Hall–Kier alpha value is -2.70. The van der Waals surface area contributed by atoms with Gasteiger partial charge in [-0.05, 0) is 5.56 Å². The Balaban J connectivity index is 1.98. The van der Waals surface area contributed by atoms with Crippen LogP contribution in [0.15, 0.2) is 30.3 Å². The highest BCUT2D eigenvalue weighted by molar-refractivity contribution is 6.04. The number of carbonyl (C=O) groups excluding carboxylic acids is 2. The molecule has 19 heavy (non-hydrogen) atoms. The van der Waals surface area contributed by atoms with Gasteiger partial charge in [-0.25, -0.2) is 4.68 Å². The first-order valence-electron chi connectivity index (χ1n) is 5.76. The van der Waals surface area contributed by atoms with Crippen LogP contribution in [0.5, 0.6) is 0 Å². The number of fused-ring (bicyclic) bond motifs is 1. The minimum Gasteiger partial charge on any atom is -0.364 e. The molecule has 3 rings (SSSR count). The van der Waals surface area contributed by atoms with Gasteiger partial charge in [0, 0.05) is 0 Å². The topological polar surface area (TPSA) is 103 Å². The Kier molecular flexibility index (Phi) is 2.52. The van der Waals surface area contributed by atoms with E-state index in [4.69, 9.17) is 5.73 Å². The molecular weight excluding hydrogens is 246 g/mol. The van der Waals surface area contributed by atoms with E-state index in [1.54, 1.807) is 0 Å². The number of amides is 2. The second kappa shape index (κ2) is 4.20. The predicted molar refractivity (Wildman–Crippen MR) is 65.2 cm³/mol. The number of hydrogen-bond acceptors (Lipinski definition) is 4. The Labute approximate surface area is 108 Å². The molecule has 0 unspecified atom stereocenters. The van der Waals surface area contributed by atoms with Gasteiger partial charge in [0.2, 0.25) is 0 Å². The number of nitrogens with zero attached hydrogens (tertiary/aromatic N) is 3. The highest BCUT2D eigenvalue weighted by Gasteiger charge is 2.31. The van der Waals surface area contributed by atoms with Crippen molar-refractivity contribution in [1.29, 1.82) is 0 Å². The van der Waals surface area contributed by atoms with Gasteiger partial charge in [-0.2, -0.15) is 0 Å². The molecule has 0 saturated carbocycles. The van der Waals surface area contributed by atoms with E-state index in [1.807, 2.05) is 30.3 Å². The maximum absolute atomic E-state index is 12.0. The minimum atomic E-state index is -0.755. The first-order valence-corrected chi connectivity index (χ1v) is 5.76. The average Bonchev–Trinajstić information content (AvgIpc) is 2.84. The summed E-state index contributed by atoms with van der Waals surface area (Å²) < 4.78 is 1.41. The zero-order valence-corrected chi connectivity index (χ0v) is 9.91. The van der Waals surface area contributed by atoms with Gasteiger partial charge in [-0.15, -0.1) is 5.10 Å². The molecule has 0 saturated heterocycles. The van der Waals surface area contributed by atoms with E-state index in [9.17, 15) is 9.59 Å². The Bertz CT molecular complexity index is 649. The number of nitrogens with one attached hydrogen (secondary N) is 1. The molecule has 3 N–H and O–H groups in total. The van der Waals surface area contributed by atoms with Crippen molar-refractivity contribution < 1.29 is 9.59 Å². The van der Waals surface area contributed by atoms with E-state index < -0.39 is 5.91 Å². The van der Waals surface area contributed by atoms with Crippen LogP contribution in [0.4, 0.5) is 0 Å². The fourth-order valence-electron chi connectivity index (χ4n) is 2.15. The fourth-order valence-corrected chi connectivity index (χ4v) is 2.15. The molecule has 1 aromatic carbocycles. The molecule has 0 fully saturated rings. The van der Waals surface area contributed by atoms with Gasteiger partial charge in [0.1, 0.15) is 0 Å². The lowest BCUT2D eigenvalue weighted by Crippen LogP contribution is -2.39. The number of aromatic nitrogens is 3. The molecule has 2 aromatic rings. The van der Waals surface area contributed by atoms with Crippen LogP contribution in [0.2, 0.25) is 0 Å². The molecule has 7 nitrogen and oxygen atoms in total. The minimum absolute atomic E-state index is 0.0935. The smallest absolute Gasteiger partial charge is 0.272 e. The number of primary amides is 1. The van der Waals surface area contributed by atoms with Crippen LogP contribution in [0.1, 0.15) is 32.6 Å². The second-order valence-electron chi connectivity index (χ2n) is 4.27. The molecular formula is C12H11N5O2. The monoisotopic (exact) mass is 257 g/mol. The zero-order chi connectivity index (χ0) is 13.4. The van der Waals surface area contributed by atoms with Crippen molar-refractivity contribution in [3.05, 3.63) is 47.3 Å². The molecule has 0 bridgehead atoms. The normalized spacial score (nSPS) is 17.7. The molecule has 0 aliphatic carbocycles. The number of carbonyl (C=O) groups is 2. The first kappa shape index (κ1) is 11.4. The molecule has 1 atom stereocenters. The van der Waals surface area contributed by atoms with Crippen LogP contribution in [0.3, 0.4) is 0 Å². The molecule has 0 spiro atoms. The van der Waals surface area contributed by atoms with E-state index in [-0.39, 0.29) is 23.3 Å². The van der Waals surface area contributed by atoms with Crippen molar-refractivity contribution in [3.63, 3.8) is 0 Å². The maximum Gasteiger partial charge on any atom is 0.272 e. The summed E-state index contributed by atoms with van der Waals surface area (Å²) >= 11 is 0. The number of benzene rings is 1. The number of hydrogen-bond donors (Lipinski definition) is 2. The average molecular weight is 257 g/mol. The lowest BCUT2D eigenvalue weighted by atomic mass is 10.0. The number of rotatable bonds is 2. The van der Waals surface area contributed by atoms with Gasteiger partial charge >= 0.3 is 0 Å². The Morgan fingerprint density at radius 2 is 2.11 bits per heavy atom. The highest BCUT2D eigenvalue weighted by Crippen LogP contribution is 2.21. The molecule has 2 heterocycles. The SMILES string of the molecule is NC(=O)c1nnn2c1C(=O)N[C@@H](c1ccccc1)C2. The van der Waals surface area contributed by atoms with Crippen LogP contribution < -0.4 is 11.1 Å². The van der Waals surface area contributed by atoms with Crippen LogP contribution >= 0.6 is 0 Å². The van der Waals surface area contributed by atoms with E-state index in [0.717, 1.165) is 5.56 Å². The predicted octanol–water partition coefficient (Wildman–Crippen LogP) is -0.138. The highest BCUT2D eigenvalue weighted by atomic mass is 16.2. The molecule has 1 aliphatic rings. The summed E-state index contributed by atoms with van der Waals surface area (Å²) in [5, 5.41) is 10.3. The van der Waals surface area contributed by atoms with Crippen LogP contribution in [-0.2, 0) is 6.54 Å². The van der Waals surface area contributed by atoms with Gasteiger partial charge in [0.25, 0.3) is 11.8 Å². The summed E-state index contributed by atoms with van der Waals surface area (Å²) in [6.45, 7) is 0.422. The van der Waals surface area contributed by atoms with Gasteiger partial charge in [0.15, 0.2) is 11.4 Å². The van der Waals surface area contributed by atoms with Crippen molar-refractivity contribution in [2.75, 3.05) is 0 Å². The largest absolute Gasteiger partial charge is 0.364 e. The third kappa shape index (κ3) is 1.85. The zero-order valence-electron chi connectivity index (χ0n) is 9.91. The summed E-state index contributed by atoms with van der Waals surface area (Å²) in [6, 6.07) is 9.34. The summed E-state index contributed by atoms with van der Waals surface area (Å²) in [5.74, 6) is -1.14. The second-order valence-corrected chi connectivity index (χ2v) is 4.27. The van der Waals surface area contributed by atoms with E-state index in [1.165, 1.54) is 4.68 Å². The summed E-state index contributed by atoms with van der Waals surface area (Å²) in [5.41, 5.74) is 6.16. The standard InChI is InChI=1S/C12H11N5O2/c13-11(18)9-10-12(19)14-8(6-17(10)16-15-9)7-4-2-1-3-5-7/h1-5,8H,6H2,(H2,13,18)(H,14,19)/t8-/m1/s1.